The predicted octanol–water partition coefficient (Wildman–Crippen LogP) is 1.13. The molecule has 0 aliphatic heterocycles. The van der Waals surface area contributed by atoms with Gasteiger partial charge in [-0.05, 0) is 36.3 Å². The van der Waals surface area contributed by atoms with Crippen LogP contribution >= 0.6 is 0 Å². The lowest BCUT2D eigenvalue weighted by molar-refractivity contribution is -0.391. The monoisotopic (exact) mass is 280 g/mol. The van der Waals surface area contributed by atoms with Crippen LogP contribution in [0.1, 0.15) is 29.8 Å². The van der Waals surface area contributed by atoms with Gasteiger partial charge in [-0.3, -0.25) is 4.79 Å². The van der Waals surface area contributed by atoms with Crippen molar-refractivity contribution in [2.24, 2.45) is 18.7 Å². The minimum absolute atomic E-state index is 0.0800. The normalized spacial score (nSPS) is 21.9. The summed E-state index contributed by atoms with van der Waals surface area (Å²) in [6, 6.07) is 2.99. The predicted molar refractivity (Wildman–Crippen MR) is 74.3 cm³/mol. The van der Waals surface area contributed by atoms with Gasteiger partial charge in [0.05, 0.1) is 7.05 Å². The molecule has 0 spiro atoms. The van der Waals surface area contributed by atoms with E-state index in [0.717, 1.165) is 19.3 Å². The summed E-state index contributed by atoms with van der Waals surface area (Å²) >= 11 is 0. The number of nitro groups is 1. The molecular weight excluding hydrogens is 260 g/mol. The smallest absolute Gasteiger partial charge is 0.323 e. The van der Waals surface area contributed by atoms with Gasteiger partial charge < -0.3 is 20.7 Å². The Morgan fingerprint density at radius 3 is 2.80 bits per heavy atom. The zero-order chi connectivity index (χ0) is 14.9. The Morgan fingerprint density at radius 2 is 2.25 bits per heavy atom. The number of carbonyl (C=O) groups is 1. The molecule has 0 radical (unpaired) electrons. The first-order valence-electron chi connectivity index (χ1n) is 6.74. The van der Waals surface area contributed by atoms with Crippen LogP contribution in [0.4, 0.5) is 5.82 Å². The molecule has 0 bridgehead atoms. The molecule has 2 atom stereocenters. The maximum atomic E-state index is 12.5. The van der Waals surface area contributed by atoms with Crippen molar-refractivity contribution in [3.63, 3.8) is 0 Å². The number of aromatic nitrogens is 1. The second kappa shape index (κ2) is 5.62. The molecule has 20 heavy (non-hydrogen) atoms. The molecule has 1 heterocycles. The van der Waals surface area contributed by atoms with Gasteiger partial charge in [0.15, 0.2) is 5.69 Å². The van der Waals surface area contributed by atoms with E-state index >= 15 is 0 Å². The van der Waals surface area contributed by atoms with Crippen molar-refractivity contribution in [2.75, 3.05) is 13.6 Å². The molecule has 0 saturated heterocycles. The molecule has 2 rings (SSSR count). The lowest BCUT2D eigenvalue weighted by Crippen LogP contribution is -2.42. The number of rotatable bonds is 4. The Bertz CT molecular complexity index is 526. The van der Waals surface area contributed by atoms with E-state index in [4.69, 9.17) is 5.73 Å². The first-order valence-corrected chi connectivity index (χ1v) is 6.74. The van der Waals surface area contributed by atoms with Crippen molar-refractivity contribution < 1.29 is 9.72 Å². The fourth-order valence-corrected chi connectivity index (χ4v) is 3.03. The average molecular weight is 280 g/mol. The van der Waals surface area contributed by atoms with Gasteiger partial charge >= 0.3 is 5.82 Å². The quantitative estimate of drug-likeness (QED) is 0.660. The number of hydrogen-bond acceptors (Lipinski definition) is 4. The van der Waals surface area contributed by atoms with Gasteiger partial charge in [0.1, 0.15) is 0 Å². The standard InChI is InChI=1S/C13H20N4O3/c1-15-11(6-7-12(15)17(19)20)13(18)16(2)10-5-3-4-9(10)8-14/h6-7,9-10H,3-5,8,14H2,1-2H3. The number of nitrogens with zero attached hydrogens (tertiary/aromatic N) is 3. The Hall–Kier alpha value is -1.89. The number of amides is 1. The Balaban J connectivity index is 2.21. The van der Waals surface area contributed by atoms with E-state index in [-0.39, 0.29) is 17.8 Å². The Labute approximate surface area is 117 Å². The third kappa shape index (κ3) is 2.40. The summed E-state index contributed by atoms with van der Waals surface area (Å²) in [6.07, 6.45) is 3.04. The van der Waals surface area contributed by atoms with Gasteiger partial charge in [-0.15, -0.1) is 0 Å². The van der Waals surface area contributed by atoms with Crippen molar-refractivity contribution in [3.8, 4) is 0 Å². The van der Waals surface area contributed by atoms with Crippen LogP contribution in [-0.2, 0) is 7.05 Å². The second-order valence-electron chi connectivity index (χ2n) is 5.30. The summed E-state index contributed by atoms with van der Waals surface area (Å²) < 4.78 is 1.32. The molecule has 1 saturated carbocycles. The molecule has 1 aliphatic rings. The molecule has 110 valence electrons. The van der Waals surface area contributed by atoms with Crippen LogP contribution in [-0.4, -0.2) is 39.9 Å². The lowest BCUT2D eigenvalue weighted by atomic mass is 10.0. The third-order valence-electron chi connectivity index (χ3n) is 4.24. The molecule has 1 aromatic rings. The molecule has 1 aliphatic carbocycles. The maximum Gasteiger partial charge on any atom is 0.323 e. The van der Waals surface area contributed by atoms with Crippen LogP contribution < -0.4 is 5.73 Å². The summed E-state index contributed by atoms with van der Waals surface area (Å²) in [6.45, 7) is 0.565. The molecule has 2 unspecified atom stereocenters. The minimum atomic E-state index is -0.491. The number of carbonyl (C=O) groups excluding carboxylic acids is 1. The SMILES string of the molecule is CN(C(=O)c1ccc([N+](=O)[O-])n1C)C1CCCC1CN. The summed E-state index contributed by atoms with van der Waals surface area (Å²) in [4.78, 5) is 24.5. The van der Waals surface area contributed by atoms with E-state index in [1.807, 2.05) is 0 Å². The van der Waals surface area contributed by atoms with Gasteiger partial charge in [0.2, 0.25) is 0 Å². The van der Waals surface area contributed by atoms with E-state index in [0.29, 0.717) is 18.2 Å². The fourth-order valence-electron chi connectivity index (χ4n) is 3.03. The highest BCUT2D eigenvalue weighted by Gasteiger charge is 2.34. The van der Waals surface area contributed by atoms with E-state index in [2.05, 4.69) is 0 Å². The van der Waals surface area contributed by atoms with Crippen molar-refractivity contribution in [3.05, 3.63) is 27.9 Å². The highest BCUT2D eigenvalue weighted by atomic mass is 16.6. The van der Waals surface area contributed by atoms with Crippen LogP contribution in [0.3, 0.4) is 0 Å². The van der Waals surface area contributed by atoms with Crippen LogP contribution in [0.15, 0.2) is 12.1 Å². The molecule has 2 N–H and O–H groups in total. The fraction of sp³-hybridized carbons (Fsp3) is 0.615. The molecular formula is C13H20N4O3. The Kier molecular flexibility index (Phi) is 4.08. The maximum absolute atomic E-state index is 12.5. The third-order valence-corrected chi connectivity index (χ3v) is 4.24. The first-order chi connectivity index (χ1) is 9.47. The van der Waals surface area contributed by atoms with Crippen molar-refractivity contribution in [2.45, 2.75) is 25.3 Å². The van der Waals surface area contributed by atoms with E-state index in [1.54, 1.807) is 11.9 Å². The van der Waals surface area contributed by atoms with Crippen LogP contribution in [0, 0.1) is 16.0 Å². The van der Waals surface area contributed by atoms with Gasteiger partial charge in [-0.25, -0.2) is 4.57 Å². The van der Waals surface area contributed by atoms with Gasteiger partial charge in [-0.2, -0.15) is 0 Å². The largest absolute Gasteiger partial charge is 0.358 e. The molecule has 1 amide bonds. The summed E-state index contributed by atoms with van der Waals surface area (Å²) in [5.41, 5.74) is 6.08. The van der Waals surface area contributed by atoms with Crippen molar-refractivity contribution >= 4 is 11.7 Å². The molecule has 7 nitrogen and oxygen atoms in total. The highest BCUT2D eigenvalue weighted by molar-refractivity contribution is 5.93. The van der Waals surface area contributed by atoms with Crippen LogP contribution in [0.5, 0.6) is 0 Å². The Morgan fingerprint density at radius 1 is 1.55 bits per heavy atom. The van der Waals surface area contributed by atoms with Gasteiger partial charge in [0, 0.05) is 19.2 Å². The molecule has 1 fully saturated rings. The summed E-state index contributed by atoms with van der Waals surface area (Å²) in [7, 11) is 3.29. The van der Waals surface area contributed by atoms with Crippen molar-refractivity contribution in [1.82, 2.24) is 9.47 Å². The molecule has 1 aromatic heterocycles. The molecule has 7 heteroatoms. The summed E-state index contributed by atoms with van der Waals surface area (Å²) in [5, 5.41) is 10.8. The van der Waals surface area contributed by atoms with Crippen LogP contribution in [0.2, 0.25) is 0 Å². The highest BCUT2D eigenvalue weighted by Crippen LogP contribution is 2.29. The average Bonchev–Trinajstić information content (AvgIpc) is 3.02. The number of hydrogen-bond donors (Lipinski definition) is 1. The van der Waals surface area contributed by atoms with E-state index in [1.165, 1.54) is 23.7 Å². The topological polar surface area (TPSA) is 94.4 Å². The first kappa shape index (κ1) is 14.5. The van der Waals surface area contributed by atoms with E-state index < -0.39 is 4.92 Å². The van der Waals surface area contributed by atoms with Gasteiger partial charge in [-0.1, -0.05) is 6.42 Å². The number of nitrogens with two attached hydrogens (primary N) is 1. The summed E-state index contributed by atoms with van der Waals surface area (Å²) in [5.74, 6) is 0.0497. The minimum Gasteiger partial charge on any atom is -0.358 e. The van der Waals surface area contributed by atoms with Crippen molar-refractivity contribution in [1.29, 1.82) is 0 Å². The zero-order valence-electron chi connectivity index (χ0n) is 11.8. The van der Waals surface area contributed by atoms with Crippen LogP contribution in [0.25, 0.3) is 0 Å². The second-order valence-corrected chi connectivity index (χ2v) is 5.30. The molecule has 0 aromatic carbocycles. The lowest BCUT2D eigenvalue weighted by Gasteiger charge is -2.28. The van der Waals surface area contributed by atoms with E-state index in [9.17, 15) is 14.9 Å². The zero-order valence-corrected chi connectivity index (χ0v) is 11.8. The van der Waals surface area contributed by atoms with Gasteiger partial charge in [0.25, 0.3) is 5.91 Å².